The van der Waals surface area contributed by atoms with E-state index in [-0.39, 0.29) is 5.91 Å². The highest BCUT2D eigenvalue weighted by molar-refractivity contribution is 8.18. The third-order valence-corrected chi connectivity index (χ3v) is 8.52. The Bertz CT molecular complexity index is 1430. The van der Waals surface area contributed by atoms with Crippen LogP contribution in [-0.2, 0) is 4.79 Å². The molecule has 0 atom stereocenters. The Balaban J connectivity index is 1.60. The van der Waals surface area contributed by atoms with Gasteiger partial charge in [0.1, 0.15) is 11.5 Å². The predicted octanol–water partition coefficient (Wildman–Crippen LogP) is 7.17. The van der Waals surface area contributed by atoms with Gasteiger partial charge in [0, 0.05) is 23.6 Å². The van der Waals surface area contributed by atoms with Gasteiger partial charge in [0.2, 0.25) is 0 Å². The SMILES string of the molecule is CCN1C(=O)/C(=C(/C=C2/Sc3cc(OC)ccc3N2CC)c2ccccc2)SC1=Nc1ccc(OC)cc1. The van der Waals surface area contributed by atoms with Crippen LogP contribution in [0.3, 0.4) is 0 Å². The number of rotatable bonds is 7. The van der Waals surface area contributed by atoms with Crippen LogP contribution in [0.1, 0.15) is 19.4 Å². The fourth-order valence-corrected chi connectivity index (χ4v) is 6.70. The van der Waals surface area contributed by atoms with Crippen molar-refractivity contribution in [2.45, 2.75) is 18.7 Å². The Labute approximate surface area is 232 Å². The van der Waals surface area contributed by atoms with Gasteiger partial charge >= 0.3 is 0 Å². The molecule has 3 aromatic rings. The summed E-state index contributed by atoms with van der Waals surface area (Å²) in [6.45, 7) is 5.45. The first kappa shape index (κ1) is 26.0. The molecule has 38 heavy (non-hydrogen) atoms. The molecule has 0 radical (unpaired) electrons. The molecule has 194 valence electrons. The second-order valence-electron chi connectivity index (χ2n) is 8.52. The lowest BCUT2D eigenvalue weighted by Gasteiger charge is -2.19. The maximum atomic E-state index is 13.8. The van der Waals surface area contributed by atoms with Crippen molar-refractivity contribution < 1.29 is 14.3 Å². The highest BCUT2D eigenvalue weighted by Gasteiger charge is 2.35. The molecule has 0 bridgehead atoms. The lowest BCUT2D eigenvalue weighted by atomic mass is 10.0. The fraction of sp³-hybridized carbons (Fsp3) is 0.200. The molecular formula is C30H29N3O3S2. The largest absolute Gasteiger partial charge is 0.497 e. The summed E-state index contributed by atoms with van der Waals surface area (Å²) in [6, 6.07) is 23.8. The first-order valence-corrected chi connectivity index (χ1v) is 14.1. The van der Waals surface area contributed by atoms with Crippen molar-refractivity contribution in [1.29, 1.82) is 0 Å². The number of nitrogens with zero attached hydrogens (tertiary/aromatic N) is 3. The van der Waals surface area contributed by atoms with Gasteiger partial charge in [-0.05, 0) is 79.7 Å². The van der Waals surface area contributed by atoms with E-state index < -0.39 is 0 Å². The number of carbonyl (C=O) groups excluding carboxylic acids is 1. The highest BCUT2D eigenvalue weighted by Crippen LogP contribution is 2.49. The molecule has 5 rings (SSSR count). The zero-order chi connectivity index (χ0) is 26.6. The summed E-state index contributed by atoms with van der Waals surface area (Å²) in [5.41, 5.74) is 3.79. The third kappa shape index (κ3) is 5.06. The number of amidine groups is 1. The Morgan fingerprint density at radius 2 is 1.55 bits per heavy atom. The van der Waals surface area contributed by atoms with E-state index in [0.29, 0.717) is 16.6 Å². The van der Waals surface area contributed by atoms with Crippen molar-refractivity contribution in [2.24, 2.45) is 4.99 Å². The van der Waals surface area contributed by atoms with Crippen molar-refractivity contribution in [3.05, 3.63) is 94.4 Å². The second-order valence-corrected chi connectivity index (χ2v) is 10.6. The molecule has 0 aliphatic carbocycles. The van der Waals surface area contributed by atoms with Crippen LogP contribution >= 0.6 is 23.5 Å². The van der Waals surface area contributed by atoms with E-state index in [1.54, 1.807) is 30.9 Å². The number of likely N-dealkylation sites (N-methyl/N-ethyl adjacent to an activating group) is 1. The molecule has 1 amide bonds. The number of thioether (sulfide) groups is 2. The molecule has 0 unspecified atom stereocenters. The van der Waals surface area contributed by atoms with E-state index in [9.17, 15) is 4.79 Å². The van der Waals surface area contributed by atoms with Crippen LogP contribution < -0.4 is 14.4 Å². The number of benzene rings is 3. The number of ether oxygens (including phenoxy) is 2. The topological polar surface area (TPSA) is 54.4 Å². The number of amides is 1. The number of fused-ring (bicyclic) bond motifs is 1. The highest BCUT2D eigenvalue weighted by atomic mass is 32.2. The van der Waals surface area contributed by atoms with Gasteiger partial charge in [-0.1, -0.05) is 42.1 Å². The maximum Gasteiger partial charge on any atom is 0.267 e. The van der Waals surface area contributed by atoms with Crippen LogP contribution in [0.4, 0.5) is 11.4 Å². The van der Waals surface area contributed by atoms with Gasteiger partial charge in [-0.2, -0.15) is 0 Å². The number of allylic oxidation sites excluding steroid dienone is 2. The molecule has 2 aliphatic heterocycles. The molecule has 2 heterocycles. The zero-order valence-corrected chi connectivity index (χ0v) is 23.4. The minimum absolute atomic E-state index is 0.0364. The molecule has 0 aromatic heterocycles. The lowest BCUT2D eigenvalue weighted by molar-refractivity contribution is -0.122. The van der Waals surface area contributed by atoms with Crippen molar-refractivity contribution in [1.82, 2.24) is 4.90 Å². The molecule has 0 spiro atoms. The summed E-state index contributed by atoms with van der Waals surface area (Å²) in [5, 5.41) is 1.74. The summed E-state index contributed by atoms with van der Waals surface area (Å²) >= 11 is 3.12. The number of aliphatic imine (C=N–C) groups is 1. The smallest absolute Gasteiger partial charge is 0.267 e. The number of anilines is 1. The van der Waals surface area contributed by atoms with Crippen molar-refractivity contribution >= 4 is 51.5 Å². The first-order valence-electron chi connectivity index (χ1n) is 12.4. The van der Waals surface area contributed by atoms with Gasteiger partial charge in [0.05, 0.1) is 35.5 Å². The normalized spacial score (nSPS) is 18.4. The minimum Gasteiger partial charge on any atom is -0.497 e. The van der Waals surface area contributed by atoms with Gasteiger partial charge in [-0.15, -0.1) is 0 Å². The van der Waals surface area contributed by atoms with E-state index in [2.05, 4.69) is 30.0 Å². The summed E-state index contributed by atoms with van der Waals surface area (Å²) < 4.78 is 10.7. The lowest BCUT2D eigenvalue weighted by Crippen LogP contribution is -2.28. The molecule has 3 aromatic carbocycles. The monoisotopic (exact) mass is 543 g/mol. The Kier molecular flexibility index (Phi) is 7.81. The second kappa shape index (κ2) is 11.4. The van der Waals surface area contributed by atoms with Gasteiger partial charge in [0.15, 0.2) is 5.17 Å². The number of hydrogen-bond acceptors (Lipinski definition) is 7. The zero-order valence-electron chi connectivity index (χ0n) is 21.8. The number of methoxy groups -OCH3 is 2. The number of hydrogen-bond donors (Lipinski definition) is 0. The van der Waals surface area contributed by atoms with Crippen molar-refractivity contribution in [3.63, 3.8) is 0 Å². The summed E-state index contributed by atoms with van der Waals surface area (Å²) in [7, 11) is 3.32. The fourth-order valence-electron chi connectivity index (χ4n) is 4.37. The Morgan fingerprint density at radius 3 is 2.21 bits per heavy atom. The van der Waals surface area contributed by atoms with E-state index in [4.69, 9.17) is 14.5 Å². The summed E-state index contributed by atoms with van der Waals surface area (Å²) in [4.78, 5) is 24.4. The Morgan fingerprint density at radius 1 is 0.868 bits per heavy atom. The quantitative estimate of drug-likeness (QED) is 0.295. The molecule has 8 heteroatoms. The summed E-state index contributed by atoms with van der Waals surface area (Å²) in [6.07, 6.45) is 2.14. The molecular weight excluding hydrogens is 514 g/mol. The average molecular weight is 544 g/mol. The van der Waals surface area contributed by atoms with E-state index in [0.717, 1.165) is 50.5 Å². The van der Waals surface area contributed by atoms with E-state index in [1.165, 1.54) is 11.8 Å². The summed E-state index contributed by atoms with van der Waals surface area (Å²) in [5.74, 6) is 1.56. The van der Waals surface area contributed by atoms with Crippen LogP contribution in [0.5, 0.6) is 11.5 Å². The minimum atomic E-state index is -0.0364. The third-order valence-electron chi connectivity index (χ3n) is 6.33. The van der Waals surface area contributed by atoms with Crippen LogP contribution in [0.15, 0.2) is 98.7 Å². The van der Waals surface area contributed by atoms with Gasteiger partial charge < -0.3 is 14.4 Å². The van der Waals surface area contributed by atoms with Crippen molar-refractivity contribution in [3.8, 4) is 11.5 Å². The first-order chi connectivity index (χ1) is 18.6. The predicted molar refractivity (Wildman–Crippen MR) is 158 cm³/mol. The molecule has 1 saturated heterocycles. The standard InChI is InChI=1S/C30H29N3O3S2/c1-5-32-25-17-16-23(36-4)18-26(25)37-27(32)19-24(20-10-8-7-9-11-20)28-29(34)33(6-2)30(38-28)31-21-12-14-22(35-3)15-13-21/h7-19H,5-6H2,1-4H3/b27-19+,28-24+,31-30?. The van der Waals surface area contributed by atoms with Gasteiger partial charge in [-0.3, -0.25) is 9.69 Å². The van der Waals surface area contributed by atoms with E-state index in [1.807, 2.05) is 67.6 Å². The molecule has 6 nitrogen and oxygen atoms in total. The Hall–Kier alpha value is -3.62. The van der Waals surface area contributed by atoms with Gasteiger partial charge in [-0.25, -0.2) is 4.99 Å². The van der Waals surface area contributed by atoms with Crippen molar-refractivity contribution in [2.75, 3.05) is 32.2 Å². The molecule has 2 aliphatic rings. The molecule has 0 N–H and O–H groups in total. The molecule has 0 saturated carbocycles. The van der Waals surface area contributed by atoms with Crippen LogP contribution in [-0.4, -0.2) is 43.3 Å². The molecule has 1 fully saturated rings. The van der Waals surface area contributed by atoms with Crippen LogP contribution in [0.25, 0.3) is 5.57 Å². The van der Waals surface area contributed by atoms with Crippen LogP contribution in [0.2, 0.25) is 0 Å². The maximum absolute atomic E-state index is 13.8. The number of carbonyl (C=O) groups is 1. The van der Waals surface area contributed by atoms with E-state index >= 15 is 0 Å². The van der Waals surface area contributed by atoms with Crippen LogP contribution in [0, 0.1) is 0 Å². The average Bonchev–Trinajstić information content (AvgIpc) is 3.47. The van der Waals surface area contributed by atoms with Gasteiger partial charge in [0.25, 0.3) is 5.91 Å².